The summed E-state index contributed by atoms with van der Waals surface area (Å²) in [6.45, 7) is 0. The van der Waals surface area contributed by atoms with E-state index in [0.29, 0.717) is 6.01 Å². The summed E-state index contributed by atoms with van der Waals surface area (Å²) in [6, 6.07) is 10.7. The van der Waals surface area contributed by atoms with Gasteiger partial charge in [-0.15, -0.1) is 11.3 Å². The molecule has 0 aliphatic carbocycles. The van der Waals surface area contributed by atoms with Crippen molar-refractivity contribution in [1.82, 2.24) is 9.97 Å². The molecule has 0 N–H and O–H groups in total. The van der Waals surface area contributed by atoms with Crippen LogP contribution in [0.25, 0.3) is 21.3 Å². The zero-order valence-electron chi connectivity index (χ0n) is 9.25. The van der Waals surface area contributed by atoms with Crippen LogP contribution in [0, 0.1) is 0 Å². The first-order valence-corrected chi connectivity index (χ1v) is 6.10. The molecule has 3 nitrogen and oxygen atoms in total. The van der Waals surface area contributed by atoms with Crippen LogP contribution in [0.5, 0.6) is 6.01 Å². The third-order valence-corrected chi connectivity index (χ3v) is 3.47. The molecule has 0 spiro atoms. The molecule has 2 heterocycles. The summed E-state index contributed by atoms with van der Waals surface area (Å²) >= 11 is 1.61. The van der Waals surface area contributed by atoms with Crippen LogP contribution < -0.4 is 4.74 Å². The minimum Gasteiger partial charge on any atom is -0.467 e. The Morgan fingerprint density at radius 1 is 1.18 bits per heavy atom. The average Bonchev–Trinajstić information content (AvgIpc) is 2.82. The Bertz CT molecular complexity index is 649. The van der Waals surface area contributed by atoms with E-state index in [1.54, 1.807) is 18.4 Å². The fourth-order valence-electron chi connectivity index (χ4n) is 1.74. The smallest absolute Gasteiger partial charge is 0.317 e. The number of hydrogen-bond acceptors (Lipinski definition) is 4. The van der Waals surface area contributed by atoms with E-state index in [2.05, 4.69) is 27.5 Å². The van der Waals surface area contributed by atoms with Crippen LogP contribution >= 0.6 is 11.3 Å². The number of benzene rings is 1. The van der Waals surface area contributed by atoms with Crippen molar-refractivity contribution in [1.29, 1.82) is 0 Å². The third-order valence-electron chi connectivity index (χ3n) is 2.58. The van der Waals surface area contributed by atoms with Crippen LogP contribution in [0.4, 0.5) is 0 Å². The molecular weight excluding hydrogens is 232 g/mol. The zero-order chi connectivity index (χ0) is 11.7. The number of methoxy groups -OCH3 is 1. The summed E-state index contributed by atoms with van der Waals surface area (Å²) in [4.78, 5) is 9.44. The fourth-order valence-corrected chi connectivity index (χ4v) is 2.66. The molecule has 0 fully saturated rings. The minimum absolute atomic E-state index is 0.416. The Balaban J connectivity index is 2.19. The Morgan fingerprint density at radius 2 is 2.00 bits per heavy atom. The molecule has 1 aromatic carbocycles. The molecule has 0 saturated heterocycles. The summed E-state index contributed by atoms with van der Waals surface area (Å²) in [5, 5.41) is 3.18. The summed E-state index contributed by atoms with van der Waals surface area (Å²) in [5.74, 6) is 0. The van der Waals surface area contributed by atoms with Gasteiger partial charge in [0.2, 0.25) is 0 Å². The lowest BCUT2D eigenvalue weighted by Crippen LogP contribution is -1.90. The van der Waals surface area contributed by atoms with Crippen LogP contribution in [0.2, 0.25) is 0 Å². The van der Waals surface area contributed by atoms with Gasteiger partial charge in [-0.05, 0) is 5.56 Å². The van der Waals surface area contributed by atoms with Crippen molar-refractivity contribution >= 4 is 21.6 Å². The average molecular weight is 242 g/mol. The molecule has 0 amide bonds. The van der Waals surface area contributed by atoms with Crippen molar-refractivity contribution in [3.63, 3.8) is 0 Å². The number of thiophene rings is 1. The maximum atomic E-state index is 5.02. The van der Waals surface area contributed by atoms with Gasteiger partial charge in [0.1, 0.15) is 4.83 Å². The maximum absolute atomic E-state index is 5.02. The van der Waals surface area contributed by atoms with E-state index in [1.807, 2.05) is 24.4 Å². The molecule has 0 bridgehead atoms. The van der Waals surface area contributed by atoms with Gasteiger partial charge in [-0.2, -0.15) is 4.98 Å². The number of nitrogens with zero attached hydrogens (tertiary/aromatic N) is 2. The third kappa shape index (κ3) is 1.76. The van der Waals surface area contributed by atoms with Crippen molar-refractivity contribution in [2.45, 2.75) is 0 Å². The highest BCUT2D eigenvalue weighted by Gasteiger charge is 2.08. The van der Waals surface area contributed by atoms with Gasteiger partial charge in [0.25, 0.3) is 0 Å². The van der Waals surface area contributed by atoms with Crippen molar-refractivity contribution in [3.05, 3.63) is 41.9 Å². The van der Waals surface area contributed by atoms with Gasteiger partial charge in [-0.1, -0.05) is 30.3 Å². The molecule has 3 rings (SSSR count). The molecule has 0 unspecified atom stereocenters. The summed E-state index contributed by atoms with van der Waals surface area (Å²) in [6.07, 6.45) is 1.82. The van der Waals surface area contributed by atoms with Crippen molar-refractivity contribution in [2.24, 2.45) is 0 Å². The lowest BCUT2D eigenvalue weighted by Gasteiger charge is -1.99. The normalized spacial score (nSPS) is 10.6. The maximum Gasteiger partial charge on any atom is 0.317 e. The van der Waals surface area contributed by atoms with Gasteiger partial charge >= 0.3 is 6.01 Å². The van der Waals surface area contributed by atoms with Crippen molar-refractivity contribution in [2.75, 3.05) is 7.11 Å². The molecule has 0 aliphatic heterocycles. The summed E-state index contributed by atoms with van der Waals surface area (Å²) in [7, 11) is 1.58. The zero-order valence-corrected chi connectivity index (χ0v) is 10.1. The lowest BCUT2D eigenvalue weighted by atomic mass is 10.1. The van der Waals surface area contributed by atoms with E-state index < -0.39 is 0 Å². The Morgan fingerprint density at radius 3 is 2.76 bits per heavy atom. The van der Waals surface area contributed by atoms with Gasteiger partial charge in [-0.25, -0.2) is 4.98 Å². The molecule has 0 radical (unpaired) electrons. The molecule has 0 atom stereocenters. The number of ether oxygens (including phenoxy) is 1. The summed E-state index contributed by atoms with van der Waals surface area (Å²) in [5.41, 5.74) is 2.36. The molecule has 0 saturated carbocycles. The quantitative estimate of drug-likeness (QED) is 0.691. The number of fused-ring (bicyclic) bond motifs is 1. The highest BCUT2D eigenvalue weighted by atomic mass is 32.1. The van der Waals surface area contributed by atoms with Crippen LogP contribution in [-0.2, 0) is 0 Å². The highest BCUT2D eigenvalue weighted by Crippen LogP contribution is 2.32. The van der Waals surface area contributed by atoms with Gasteiger partial charge < -0.3 is 4.74 Å². The Hall–Kier alpha value is -1.94. The van der Waals surface area contributed by atoms with Gasteiger partial charge in [0.15, 0.2) is 0 Å². The minimum atomic E-state index is 0.416. The Labute approximate surface area is 103 Å². The standard InChI is InChI=1S/C13H10N2OS/c1-16-13-14-7-10-11(8-17-12(10)15-13)9-5-3-2-4-6-9/h2-8H,1H3. The second-order valence-corrected chi connectivity index (χ2v) is 4.45. The van der Waals surface area contributed by atoms with E-state index in [9.17, 15) is 0 Å². The first kappa shape index (κ1) is 10.2. The van der Waals surface area contributed by atoms with Crippen LogP contribution in [-0.4, -0.2) is 17.1 Å². The molecule has 84 valence electrons. The predicted molar refractivity (Wildman–Crippen MR) is 69.4 cm³/mol. The number of rotatable bonds is 2. The van der Waals surface area contributed by atoms with E-state index >= 15 is 0 Å². The molecule has 0 aliphatic rings. The monoisotopic (exact) mass is 242 g/mol. The SMILES string of the molecule is COc1ncc2c(-c3ccccc3)csc2n1. The van der Waals surface area contributed by atoms with Gasteiger partial charge in [-0.3, -0.25) is 0 Å². The van der Waals surface area contributed by atoms with E-state index in [-0.39, 0.29) is 0 Å². The van der Waals surface area contributed by atoms with E-state index in [1.165, 1.54) is 11.1 Å². The second-order valence-electron chi connectivity index (χ2n) is 3.59. The largest absolute Gasteiger partial charge is 0.467 e. The van der Waals surface area contributed by atoms with Crippen molar-refractivity contribution < 1.29 is 4.74 Å². The van der Waals surface area contributed by atoms with Crippen LogP contribution in [0.15, 0.2) is 41.9 Å². The second kappa shape index (κ2) is 4.14. The number of hydrogen-bond donors (Lipinski definition) is 0. The number of aromatic nitrogens is 2. The molecule has 17 heavy (non-hydrogen) atoms. The first-order chi connectivity index (χ1) is 8.38. The van der Waals surface area contributed by atoms with Gasteiger partial charge in [0.05, 0.1) is 7.11 Å². The topological polar surface area (TPSA) is 35.0 Å². The Kier molecular flexibility index (Phi) is 2.49. The molecular formula is C13H10N2OS. The van der Waals surface area contributed by atoms with Gasteiger partial charge in [0, 0.05) is 22.5 Å². The van der Waals surface area contributed by atoms with E-state index in [4.69, 9.17) is 4.74 Å². The van der Waals surface area contributed by atoms with Crippen LogP contribution in [0.3, 0.4) is 0 Å². The molecule has 2 aromatic heterocycles. The lowest BCUT2D eigenvalue weighted by molar-refractivity contribution is 0.382. The van der Waals surface area contributed by atoms with Crippen LogP contribution in [0.1, 0.15) is 0 Å². The molecule has 3 aromatic rings. The fraction of sp³-hybridized carbons (Fsp3) is 0.0769. The highest BCUT2D eigenvalue weighted by molar-refractivity contribution is 7.17. The van der Waals surface area contributed by atoms with Crippen molar-refractivity contribution in [3.8, 4) is 17.1 Å². The molecule has 4 heteroatoms. The predicted octanol–water partition coefficient (Wildman–Crippen LogP) is 3.37. The van der Waals surface area contributed by atoms with E-state index in [0.717, 1.165) is 10.2 Å². The first-order valence-electron chi connectivity index (χ1n) is 5.22. The summed E-state index contributed by atoms with van der Waals surface area (Å²) < 4.78 is 5.02.